The number of aromatic amines is 1. The van der Waals surface area contributed by atoms with Crippen LogP contribution in [-0.4, -0.2) is 47.8 Å². The van der Waals surface area contributed by atoms with E-state index in [1.54, 1.807) is 6.33 Å². The van der Waals surface area contributed by atoms with Crippen molar-refractivity contribution in [3.05, 3.63) is 30.6 Å². The third kappa shape index (κ3) is 3.52. The van der Waals surface area contributed by atoms with Gasteiger partial charge in [-0.15, -0.1) is 10.2 Å². The van der Waals surface area contributed by atoms with Gasteiger partial charge in [0, 0.05) is 24.2 Å². The molecular weight excluding hydrogens is 408 g/mol. The first-order valence-electron chi connectivity index (χ1n) is 13.4. The van der Waals surface area contributed by atoms with Crippen molar-refractivity contribution in [3.63, 3.8) is 0 Å². The van der Waals surface area contributed by atoms with Crippen molar-refractivity contribution in [2.45, 2.75) is 101 Å². The van der Waals surface area contributed by atoms with Crippen LogP contribution >= 0.6 is 0 Å². The average Bonchev–Trinajstić information content (AvgIpc) is 3.45. The Morgan fingerprint density at radius 3 is 2.24 bits per heavy atom. The van der Waals surface area contributed by atoms with E-state index in [1.807, 2.05) is 0 Å². The van der Waals surface area contributed by atoms with Gasteiger partial charge in [0.25, 0.3) is 0 Å². The van der Waals surface area contributed by atoms with Crippen LogP contribution in [0.1, 0.15) is 83.1 Å². The van der Waals surface area contributed by atoms with Gasteiger partial charge in [-0.05, 0) is 68.9 Å². The number of nitrogens with zero attached hydrogens (tertiary/aromatic N) is 5. The zero-order valence-corrected chi connectivity index (χ0v) is 19.6. The standard InChI is InChI=1S/C27H36N6/c1-2-7-19-12-18(6-1)13-22(14-19)32-20-8-5-9-21(32)16-23(15-20)33-25-11-4-3-10-24(25)30-27(33)26-28-17-29-31-26/h3-4,10-11,17-23H,1-2,5-9,12-16H2,(H,28,29,31)/t18-,19+,20-,21+,22+,23-. The third-order valence-electron chi connectivity index (χ3n) is 9.37. The van der Waals surface area contributed by atoms with Gasteiger partial charge in [-0.2, -0.15) is 0 Å². The van der Waals surface area contributed by atoms with Gasteiger partial charge in [0.05, 0.1) is 11.0 Å². The van der Waals surface area contributed by atoms with Crippen LogP contribution < -0.4 is 0 Å². The predicted octanol–water partition coefficient (Wildman–Crippen LogP) is 5.74. The van der Waals surface area contributed by atoms with E-state index in [1.165, 1.54) is 82.6 Å². The van der Waals surface area contributed by atoms with E-state index in [2.05, 4.69) is 48.9 Å². The maximum absolute atomic E-state index is 5.00. The summed E-state index contributed by atoms with van der Waals surface area (Å²) in [5, 5.41) is 8.39. The summed E-state index contributed by atoms with van der Waals surface area (Å²) in [4.78, 5) is 11.3. The van der Waals surface area contributed by atoms with Crippen molar-refractivity contribution in [1.82, 2.24) is 29.6 Å². The monoisotopic (exact) mass is 444 g/mol. The van der Waals surface area contributed by atoms with Gasteiger partial charge < -0.3 is 9.55 Å². The Morgan fingerprint density at radius 1 is 0.758 bits per heavy atom. The normalized spacial score (nSPS) is 34.9. The first-order chi connectivity index (χ1) is 16.3. The lowest BCUT2D eigenvalue weighted by Crippen LogP contribution is -2.58. The maximum Gasteiger partial charge on any atom is 0.197 e. The Balaban J connectivity index is 1.22. The summed E-state index contributed by atoms with van der Waals surface area (Å²) in [6, 6.07) is 11.3. The fourth-order valence-corrected chi connectivity index (χ4v) is 8.20. The molecule has 0 radical (unpaired) electrons. The molecule has 0 unspecified atom stereocenters. The number of nitrogens with one attached hydrogen (secondary N) is 1. The van der Waals surface area contributed by atoms with Crippen molar-refractivity contribution in [2.75, 3.05) is 0 Å². The molecule has 6 heteroatoms. The van der Waals surface area contributed by atoms with Crippen molar-refractivity contribution in [2.24, 2.45) is 11.8 Å². The minimum absolute atomic E-state index is 0.481. The molecule has 2 saturated heterocycles. The van der Waals surface area contributed by atoms with E-state index in [0.29, 0.717) is 6.04 Å². The minimum Gasteiger partial charge on any atom is -0.325 e. The van der Waals surface area contributed by atoms with Gasteiger partial charge in [0.2, 0.25) is 0 Å². The van der Waals surface area contributed by atoms with Crippen molar-refractivity contribution >= 4 is 11.0 Å². The van der Waals surface area contributed by atoms with Gasteiger partial charge in [-0.25, -0.2) is 4.98 Å². The van der Waals surface area contributed by atoms with Crippen molar-refractivity contribution in [1.29, 1.82) is 0 Å². The number of para-hydroxylation sites is 2. The molecule has 4 heterocycles. The summed E-state index contributed by atoms with van der Waals surface area (Å²) >= 11 is 0. The van der Waals surface area contributed by atoms with Crippen LogP contribution in [-0.2, 0) is 0 Å². The third-order valence-corrected chi connectivity index (χ3v) is 9.37. The van der Waals surface area contributed by atoms with Crippen LogP contribution in [0.5, 0.6) is 0 Å². The highest BCUT2D eigenvalue weighted by molar-refractivity contribution is 5.79. The Labute approximate surface area is 196 Å². The van der Waals surface area contributed by atoms with Crippen LogP contribution in [0.2, 0.25) is 0 Å². The molecule has 1 N–H and O–H groups in total. The van der Waals surface area contributed by atoms with Crippen molar-refractivity contribution in [3.8, 4) is 11.6 Å². The Morgan fingerprint density at radius 2 is 1.52 bits per heavy atom. The van der Waals surface area contributed by atoms with E-state index in [0.717, 1.165) is 47.1 Å². The lowest BCUT2D eigenvalue weighted by molar-refractivity contribution is -0.0415. The van der Waals surface area contributed by atoms with E-state index < -0.39 is 0 Å². The lowest BCUT2D eigenvalue weighted by Gasteiger charge is -2.54. The molecular formula is C27H36N6. The van der Waals surface area contributed by atoms with Crippen LogP contribution in [0.4, 0.5) is 0 Å². The topological polar surface area (TPSA) is 62.6 Å². The highest BCUT2D eigenvalue weighted by Gasteiger charge is 2.45. The molecule has 2 aliphatic carbocycles. The zero-order valence-electron chi connectivity index (χ0n) is 19.6. The number of imidazole rings is 1. The Hall–Kier alpha value is -2.21. The second-order valence-electron chi connectivity index (χ2n) is 11.3. The van der Waals surface area contributed by atoms with Gasteiger partial charge in [-0.3, -0.25) is 4.90 Å². The summed E-state index contributed by atoms with van der Waals surface area (Å²) < 4.78 is 2.50. The molecule has 7 rings (SSSR count). The fourth-order valence-electron chi connectivity index (χ4n) is 8.20. The summed E-state index contributed by atoms with van der Waals surface area (Å²) in [7, 11) is 0. The van der Waals surface area contributed by atoms with Gasteiger partial charge in [-0.1, -0.05) is 44.2 Å². The molecule has 2 aromatic heterocycles. The number of hydrogen-bond acceptors (Lipinski definition) is 4. The second-order valence-corrected chi connectivity index (χ2v) is 11.3. The number of H-pyrrole nitrogens is 1. The molecule has 0 amide bonds. The maximum atomic E-state index is 5.00. The smallest absolute Gasteiger partial charge is 0.197 e. The van der Waals surface area contributed by atoms with Gasteiger partial charge >= 0.3 is 0 Å². The Bertz CT molecular complexity index is 1080. The van der Waals surface area contributed by atoms with Gasteiger partial charge in [0.1, 0.15) is 6.33 Å². The summed E-state index contributed by atoms with van der Waals surface area (Å²) in [6.07, 6.45) is 18.6. The molecule has 2 aliphatic heterocycles. The van der Waals surface area contributed by atoms with E-state index in [-0.39, 0.29) is 0 Å². The highest BCUT2D eigenvalue weighted by Crippen LogP contribution is 2.47. The predicted molar refractivity (Wildman–Crippen MR) is 130 cm³/mol. The number of hydrogen-bond donors (Lipinski definition) is 1. The molecule has 4 fully saturated rings. The van der Waals surface area contributed by atoms with E-state index >= 15 is 0 Å². The molecule has 2 saturated carbocycles. The quantitative estimate of drug-likeness (QED) is 0.560. The number of benzene rings is 1. The highest BCUT2D eigenvalue weighted by atomic mass is 15.3. The zero-order chi connectivity index (χ0) is 21.8. The second kappa shape index (κ2) is 8.23. The summed E-state index contributed by atoms with van der Waals surface area (Å²) in [6.45, 7) is 0. The van der Waals surface area contributed by atoms with E-state index in [9.17, 15) is 0 Å². The first kappa shape index (κ1) is 20.2. The van der Waals surface area contributed by atoms with Gasteiger partial charge in [0.15, 0.2) is 11.6 Å². The van der Waals surface area contributed by atoms with Crippen LogP contribution in [0.25, 0.3) is 22.7 Å². The molecule has 6 nitrogen and oxygen atoms in total. The van der Waals surface area contributed by atoms with Crippen LogP contribution in [0.3, 0.4) is 0 Å². The molecule has 6 atom stereocenters. The lowest BCUT2D eigenvalue weighted by atomic mass is 9.73. The number of fused-ring (bicyclic) bond motifs is 5. The number of piperidine rings is 2. The largest absolute Gasteiger partial charge is 0.325 e. The number of aromatic nitrogens is 5. The average molecular weight is 445 g/mol. The van der Waals surface area contributed by atoms with Crippen LogP contribution in [0, 0.1) is 11.8 Å². The molecule has 1 aromatic carbocycles. The Kier molecular flexibility index (Phi) is 5.03. The molecule has 3 aromatic rings. The first-order valence-corrected chi connectivity index (χ1v) is 13.4. The molecule has 33 heavy (non-hydrogen) atoms. The van der Waals surface area contributed by atoms with Crippen molar-refractivity contribution < 1.29 is 0 Å². The molecule has 174 valence electrons. The molecule has 4 bridgehead atoms. The summed E-state index contributed by atoms with van der Waals surface area (Å²) in [5.74, 6) is 3.72. The fraction of sp³-hybridized carbons (Fsp3) is 0.667. The van der Waals surface area contributed by atoms with Crippen LogP contribution in [0.15, 0.2) is 30.6 Å². The molecule has 4 aliphatic rings. The minimum atomic E-state index is 0.481. The number of rotatable bonds is 3. The SMILES string of the molecule is c1ccc2c(c1)nc(-c1nnc[nH]1)n2[C@@H]1C[C@H]2CCC[C@@H](C1)N2[C@H]1C[C@@H]2CCCC[C@@H](C2)C1. The van der Waals surface area contributed by atoms with E-state index in [4.69, 9.17) is 4.98 Å². The molecule has 0 spiro atoms. The summed E-state index contributed by atoms with van der Waals surface area (Å²) in [5.41, 5.74) is 2.30.